The molecule has 0 saturated carbocycles. The Balaban J connectivity index is 1.91. The van der Waals surface area contributed by atoms with E-state index >= 15 is 0 Å². The Morgan fingerprint density at radius 1 is 1.32 bits per heavy atom. The van der Waals surface area contributed by atoms with E-state index in [4.69, 9.17) is 0 Å². The summed E-state index contributed by atoms with van der Waals surface area (Å²) in [6.45, 7) is 2.98. The van der Waals surface area contributed by atoms with Gasteiger partial charge in [-0.1, -0.05) is 12.1 Å². The van der Waals surface area contributed by atoms with Gasteiger partial charge in [-0.2, -0.15) is 0 Å². The molecular formula is C12H17N3O2S2. The highest BCUT2D eigenvalue weighted by Crippen LogP contribution is 2.25. The SMILES string of the molecule is CC(NCCNS(C)(=O)=O)c1nc2ccccc2s1. The molecule has 1 aromatic carbocycles. The zero-order valence-electron chi connectivity index (χ0n) is 10.9. The Bertz CT molecular complexity index is 619. The largest absolute Gasteiger partial charge is 0.307 e. The maximum absolute atomic E-state index is 10.9. The fraction of sp³-hybridized carbons (Fsp3) is 0.417. The highest BCUT2D eigenvalue weighted by Gasteiger charge is 2.10. The van der Waals surface area contributed by atoms with Gasteiger partial charge in [-0.15, -0.1) is 11.3 Å². The number of fused-ring (bicyclic) bond motifs is 1. The third kappa shape index (κ3) is 4.24. The predicted molar refractivity (Wildman–Crippen MR) is 78.9 cm³/mol. The van der Waals surface area contributed by atoms with E-state index in [0.717, 1.165) is 16.8 Å². The minimum atomic E-state index is -3.11. The van der Waals surface area contributed by atoms with Crippen LogP contribution in [0.1, 0.15) is 18.0 Å². The predicted octanol–water partition coefficient (Wildman–Crippen LogP) is 1.50. The third-order valence-corrected chi connectivity index (χ3v) is 4.57. The number of hydrogen-bond donors (Lipinski definition) is 2. The lowest BCUT2D eigenvalue weighted by atomic mass is 10.3. The lowest BCUT2D eigenvalue weighted by Crippen LogP contribution is -2.32. The number of aromatic nitrogens is 1. The molecule has 5 nitrogen and oxygen atoms in total. The number of para-hydroxylation sites is 1. The Morgan fingerprint density at radius 2 is 2.05 bits per heavy atom. The lowest BCUT2D eigenvalue weighted by molar-refractivity contribution is 0.555. The van der Waals surface area contributed by atoms with Gasteiger partial charge in [0.25, 0.3) is 0 Å². The summed E-state index contributed by atoms with van der Waals surface area (Å²) in [7, 11) is -3.11. The molecule has 0 aliphatic heterocycles. The number of benzene rings is 1. The van der Waals surface area contributed by atoms with E-state index in [2.05, 4.69) is 21.1 Å². The second-order valence-corrected chi connectivity index (χ2v) is 7.26. The first-order valence-corrected chi connectivity index (χ1v) is 8.70. The number of rotatable bonds is 6. The maximum Gasteiger partial charge on any atom is 0.208 e. The molecule has 7 heteroatoms. The molecule has 0 aliphatic rings. The maximum atomic E-state index is 10.9. The Kier molecular flexibility index (Phi) is 4.51. The third-order valence-electron chi connectivity index (χ3n) is 2.62. The molecule has 1 atom stereocenters. The molecular weight excluding hydrogens is 282 g/mol. The topological polar surface area (TPSA) is 71.1 Å². The molecule has 2 N–H and O–H groups in total. The molecule has 104 valence electrons. The average Bonchev–Trinajstić information content (AvgIpc) is 2.77. The summed E-state index contributed by atoms with van der Waals surface area (Å²) in [4.78, 5) is 4.56. The zero-order chi connectivity index (χ0) is 13.9. The standard InChI is InChI=1S/C12H17N3O2S2/c1-9(13-7-8-14-19(2,16)17)12-15-10-5-3-4-6-11(10)18-12/h3-6,9,13-14H,7-8H2,1-2H3. The molecule has 0 aliphatic carbocycles. The minimum absolute atomic E-state index is 0.110. The van der Waals surface area contributed by atoms with E-state index < -0.39 is 10.0 Å². The van der Waals surface area contributed by atoms with Crippen molar-refractivity contribution in [3.05, 3.63) is 29.3 Å². The van der Waals surface area contributed by atoms with Crippen LogP contribution in [0.25, 0.3) is 10.2 Å². The van der Waals surface area contributed by atoms with Gasteiger partial charge in [0.1, 0.15) is 5.01 Å². The van der Waals surface area contributed by atoms with Crippen LogP contribution < -0.4 is 10.0 Å². The van der Waals surface area contributed by atoms with Crippen LogP contribution in [0.4, 0.5) is 0 Å². The van der Waals surface area contributed by atoms with Crippen LogP contribution in [-0.4, -0.2) is 32.7 Å². The van der Waals surface area contributed by atoms with Gasteiger partial charge in [0.15, 0.2) is 0 Å². The van der Waals surface area contributed by atoms with Crippen LogP contribution in [0, 0.1) is 0 Å². The van der Waals surface area contributed by atoms with Gasteiger partial charge in [0, 0.05) is 13.1 Å². The van der Waals surface area contributed by atoms with Crippen LogP contribution in [0.5, 0.6) is 0 Å². The van der Waals surface area contributed by atoms with Crippen molar-refractivity contribution in [1.82, 2.24) is 15.0 Å². The second-order valence-electron chi connectivity index (χ2n) is 4.36. The van der Waals surface area contributed by atoms with Crippen molar-refractivity contribution in [3.63, 3.8) is 0 Å². The van der Waals surface area contributed by atoms with Gasteiger partial charge >= 0.3 is 0 Å². The number of sulfonamides is 1. The van der Waals surface area contributed by atoms with Gasteiger partial charge in [-0.25, -0.2) is 18.1 Å². The van der Waals surface area contributed by atoms with E-state index in [1.807, 2.05) is 25.1 Å². The van der Waals surface area contributed by atoms with Gasteiger partial charge < -0.3 is 5.32 Å². The molecule has 1 aromatic heterocycles. The van der Waals surface area contributed by atoms with Crippen LogP contribution >= 0.6 is 11.3 Å². The summed E-state index contributed by atoms with van der Waals surface area (Å²) in [5, 5.41) is 4.27. The highest BCUT2D eigenvalue weighted by atomic mass is 32.2. The van der Waals surface area contributed by atoms with Crippen molar-refractivity contribution >= 4 is 31.6 Å². The fourth-order valence-corrected chi connectivity index (χ4v) is 3.15. The molecule has 2 aromatic rings. The summed E-state index contributed by atoms with van der Waals surface area (Å²) in [5.74, 6) is 0. The summed E-state index contributed by atoms with van der Waals surface area (Å²) in [6.07, 6.45) is 1.16. The Hall–Kier alpha value is -1.02. The smallest absolute Gasteiger partial charge is 0.208 e. The zero-order valence-corrected chi connectivity index (χ0v) is 12.5. The van der Waals surface area contributed by atoms with Crippen molar-refractivity contribution in [3.8, 4) is 0 Å². The Morgan fingerprint density at radius 3 is 2.74 bits per heavy atom. The van der Waals surface area contributed by atoms with Crippen LogP contribution in [-0.2, 0) is 10.0 Å². The highest BCUT2D eigenvalue weighted by molar-refractivity contribution is 7.88. The number of hydrogen-bond acceptors (Lipinski definition) is 5. The molecule has 19 heavy (non-hydrogen) atoms. The second kappa shape index (κ2) is 5.96. The average molecular weight is 299 g/mol. The van der Waals surface area contributed by atoms with E-state index in [0.29, 0.717) is 13.1 Å². The van der Waals surface area contributed by atoms with E-state index in [1.54, 1.807) is 11.3 Å². The van der Waals surface area contributed by atoms with Crippen LogP contribution in [0.15, 0.2) is 24.3 Å². The van der Waals surface area contributed by atoms with Gasteiger partial charge in [0.05, 0.1) is 22.5 Å². The van der Waals surface area contributed by atoms with Gasteiger partial charge in [0.2, 0.25) is 10.0 Å². The lowest BCUT2D eigenvalue weighted by Gasteiger charge is -2.10. The van der Waals surface area contributed by atoms with Crippen molar-refractivity contribution in [2.75, 3.05) is 19.3 Å². The van der Waals surface area contributed by atoms with Crippen LogP contribution in [0.2, 0.25) is 0 Å². The fourth-order valence-electron chi connectivity index (χ4n) is 1.69. The first-order valence-electron chi connectivity index (χ1n) is 5.99. The first kappa shape index (κ1) is 14.4. The summed E-state index contributed by atoms with van der Waals surface area (Å²) in [5.41, 5.74) is 1.01. The molecule has 1 heterocycles. The molecule has 0 fully saturated rings. The van der Waals surface area contributed by atoms with E-state index in [1.165, 1.54) is 4.70 Å². The van der Waals surface area contributed by atoms with Crippen molar-refractivity contribution in [2.45, 2.75) is 13.0 Å². The van der Waals surface area contributed by atoms with E-state index in [9.17, 15) is 8.42 Å². The molecule has 0 spiro atoms. The van der Waals surface area contributed by atoms with Crippen LogP contribution in [0.3, 0.4) is 0 Å². The monoisotopic (exact) mass is 299 g/mol. The number of nitrogens with one attached hydrogen (secondary N) is 2. The summed E-state index contributed by atoms with van der Waals surface area (Å²) >= 11 is 1.66. The van der Waals surface area contributed by atoms with Crippen molar-refractivity contribution in [2.24, 2.45) is 0 Å². The molecule has 0 radical (unpaired) electrons. The van der Waals surface area contributed by atoms with Gasteiger partial charge in [-0.3, -0.25) is 0 Å². The summed E-state index contributed by atoms with van der Waals surface area (Å²) < 4.78 is 25.4. The molecule has 0 saturated heterocycles. The first-order chi connectivity index (χ1) is 8.96. The molecule has 0 amide bonds. The van der Waals surface area contributed by atoms with Crippen molar-refractivity contribution < 1.29 is 8.42 Å². The molecule has 2 rings (SSSR count). The number of nitrogens with zero attached hydrogens (tertiary/aromatic N) is 1. The van der Waals surface area contributed by atoms with Crippen molar-refractivity contribution in [1.29, 1.82) is 0 Å². The minimum Gasteiger partial charge on any atom is -0.307 e. The summed E-state index contributed by atoms with van der Waals surface area (Å²) in [6, 6.07) is 8.12. The van der Waals surface area contributed by atoms with Gasteiger partial charge in [-0.05, 0) is 19.1 Å². The number of thiazole rings is 1. The normalized spacial score (nSPS) is 13.8. The van der Waals surface area contributed by atoms with E-state index in [-0.39, 0.29) is 6.04 Å². The quantitative estimate of drug-likeness (QED) is 0.793. The molecule has 0 bridgehead atoms. The Labute approximate surface area is 117 Å². The molecule has 1 unspecified atom stereocenters.